The lowest BCUT2D eigenvalue weighted by Crippen LogP contribution is -2.21. The molecule has 0 bridgehead atoms. The second-order valence-electron chi connectivity index (χ2n) is 6.36. The Morgan fingerprint density at radius 3 is 2.50 bits per heavy atom. The lowest BCUT2D eigenvalue weighted by atomic mass is 10.1. The Hall–Kier alpha value is -3.57. The van der Waals surface area contributed by atoms with Gasteiger partial charge in [0.25, 0.3) is 11.6 Å². The van der Waals surface area contributed by atoms with Crippen molar-refractivity contribution in [1.82, 2.24) is 0 Å². The fraction of sp³-hybridized carbons (Fsp3) is 0.238. The van der Waals surface area contributed by atoms with Gasteiger partial charge in [-0.3, -0.25) is 14.9 Å². The summed E-state index contributed by atoms with van der Waals surface area (Å²) < 4.78 is 0. The molecular formula is C21H22ClN5O3. The zero-order valence-corrected chi connectivity index (χ0v) is 17.7. The van der Waals surface area contributed by atoms with E-state index < -0.39 is 10.8 Å². The van der Waals surface area contributed by atoms with Gasteiger partial charge in [0.2, 0.25) is 0 Å². The second kappa shape index (κ2) is 10.3. The predicted octanol–water partition coefficient (Wildman–Crippen LogP) is 4.86. The number of nitriles is 1. The molecule has 2 aromatic rings. The molecule has 8 nitrogen and oxygen atoms in total. The Kier molecular flexibility index (Phi) is 7.78. The van der Waals surface area contributed by atoms with Gasteiger partial charge in [-0.1, -0.05) is 11.6 Å². The Bertz CT molecular complexity index is 1030. The summed E-state index contributed by atoms with van der Waals surface area (Å²) in [5.74, 6) is -0.732. The van der Waals surface area contributed by atoms with Crippen LogP contribution in [0.4, 0.5) is 22.7 Å². The Labute approximate surface area is 179 Å². The summed E-state index contributed by atoms with van der Waals surface area (Å²) in [5, 5.41) is 25.8. The van der Waals surface area contributed by atoms with Crippen molar-refractivity contribution in [2.24, 2.45) is 0 Å². The van der Waals surface area contributed by atoms with Gasteiger partial charge in [0.05, 0.1) is 15.6 Å². The molecule has 0 fully saturated rings. The topological polar surface area (TPSA) is 111 Å². The number of hydrogen-bond donors (Lipinski definition) is 2. The summed E-state index contributed by atoms with van der Waals surface area (Å²) in [7, 11) is 0. The predicted molar refractivity (Wildman–Crippen MR) is 119 cm³/mol. The molecule has 2 aromatic carbocycles. The molecule has 156 valence electrons. The molecule has 0 aliphatic rings. The summed E-state index contributed by atoms with van der Waals surface area (Å²) in [5.41, 5.74) is 2.42. The van der Waals surface area contributed by atoms with Crippen LogP contribution in [0.3, 0.4) is 0 Å². The van der Waals surface area contributed by atoms with Gasteiger partial charge in [-0.15, -0.1) is 0 Å². The lowest BCUT2D eigenvalue weighted by molar-refractivity contribution is -0.384. The molecule has 0 saturated heterocycles. The van der Waals surface area contributed by atoms with Crippen molar-refractivity contribution >= 4 is 40.3 Å². The van der Waals surface area contributed by atoms with Gasteiger partial charge >= 0.3 is 0 Å². The monoisotopic (exact) mass is 427 g/mol. The van der Waals surface area contributed by atoms with Gasteiger partial charge < -0.3 is 15.5 Å². The third-order valence-electron chi connectivity index (χ3n) is 4.48. The van der Waals surface area contributed by atoms with E-state index in [0.717, 1.165) is 36.1 Å². The fourth-order valence-corrected chi connectivity index (χ4v) is 2.97. The Balaban J connectivity index is 2.18. The molecule has 0 aliphatic carbocycles. The zero-order valence-electron chi connectivity index (χ0n) is 16.9. The molecule has 0 unspecified atom stereocenters. The fourth-order valence-electron chi connectivity index (χ4n) is 2.81. The van der Waals surface area contributed by atoms with Crippen LogP contribution in [0.15, 0.2) is 48.2 Å². The standard InChI is InChI=1S/C21H22ClN5O3/c1-4-26(5-2)16-7-9-19(14(3)10-16)24-13-15(12-23)21(28)25-20-11-17(27(29)30)6-8-18(20)22/h6-11,13,24H,4-5H2,1-3H3,(H,25,28)/b15-13-. The Morgan fingerprint density at radius 1 is 1.23 bits per heavy atom. The molecule has 9 heteroatoms. The number of halogens is 1. The molecule has 0 heterocycles. The number of non-ortho nitro benzene ring substituents is 1. The number of nitrogens with zero attached hydrogens (tertiary/aromatic N) is 3. The molecule has 0 aliphatic heterocycles. The molecule has 2 N–H and O–H groups in total. The van der Waals surface area contributed by atoms with Gasteiger partial charge in [-0.25, -0.2) is 0 Å². The molecule has 30 heavy (non-hydrogen) atoms. The summed E-state index contributed by atoms with van der Waals surface area (Å²) in [6.45, 7) is 7.87. The van der Waals surface area contributed by atoms with Gasteiger partial charge in [-0.05, 0) is 50.6 Å². The van der Waals surface area contributed by atoms with E-state index in [9.17, 15) is 20.2 Å². The van der Waals surface area contributed by atoms with Crippen LogP contribution in [0, 0.1) is 28.4 Å². The number of nitro groups is 1. The first-order valence-electron chi connectivity index (χ1n) is 9.28. The summed E-state index contributed by atoms with van der Waals surface area (Å²) in [6, 6.07) is 11.4. The molecule has 0 aromatic heterocycles. The molecule has 0 spiro atoms. The van der Waals surface area contributed by atoms with Gasteiger partial charge in [0.1, 0.15) is 11.6 Å². The highest BCUT2D eigenvalue weighted by molar-refractivity contribution is 6.34. The second-order valence-corrected chi connectivity index (χ2v) is 6.77. The van der Waals surface area contributed by atoms with E-state index in [2.05, 4.69) is 29.4 Å². The third kappa shape index (κ3) is 5.49. The van der Waals surface area contributed by atoms with E-state index in [-0.39, 0.29) is 22.0 Å². The van der Waals surface area contributed by atoms with Crippen LogP contribution in [0.2, 0.25) is 5.02 Å². The zero-order chi connectivity index (χ0) is 22.3. The number of nitro benzene ring substituents is 1. The maximum atomic E-state index is 12.4. The maximum Gasteiger partial charge on any atom is 0.271 e. The van der Waals surface area contributed by atoms with Crippen molar-refractivity contribution in [2.45, 2.75) is 20.8 Å². The molecule has 1 amide bonds. The van der Waals surface area contributed by atoms with E-state index in [1.807, 2.05) is 31.2 Å². The van der Waals surface area contributed by atoms with Crippen molar-refractivity contribution in [3.05, 3.63) is 68.9 Å². The van der Waals surface area contributed by atoms with E-state index in [0.29, 0.717) is 0 Å². The highest BCUT2D eigenvalue weighted by Gasteiger charge is 2.15. The molecular weight excluding hydrogens is 406 g/mol. The summed E-state index contributed by atoms with van der Waals surface area (Å²) in [4.78, 5) is 25.0. The SMILES string of the molecule is CCN(CC)c1ccc(N/C=C(/C#N)C(=O)Nc2cc([N+](=O)[O-])ccc2Cl)c(C)c1. The van der Waals surface area contributed by atoms with E-state index in [1.165, 1.54) is 18.3 Å². The quantitative estimate of drug-likeness (QED) is 0.269. The minimum Gasteiger partial charge on any atom is -0.372 e. The van der Waals surface area contributed by atoms with Crippen molar-refractivity contribution in [3.8, 4) is 6.07 Å². The molecule has 2 rings (SSSR count). The van der Waals surface area contributed by atoms with Gasteiger partial charge in [0, 0.05) is 42.8 Å². The number of amides is 1. The van der Waals surface area contributed by atoms with Crippen LogP contribution in [0.5, 0.6) is 0 Å². The number of carbonyl (C=O) groups excluding carboxylic acids is 1. The van der Waals surface area contributed by atoms with Crippen LogP contribution < -0.4 is 15.5 Å². The number of hydrogen-bond acceptors (Lipinski definition) is 6. The first-order valence-corrected chi connectivity index (χ1v) is 9.66. The van der Waals surface area contributed by atoms with E-state index in [4.69, 9.17) is 11.6 Å². The average Bonchev–Trinajstić information content (AvgIpc) is 2.72. The van der Waals surface area contributed by atoms with Crippen LogP contribution in [-0.2, 0) is 4.79 Å². The highest BCUT2D eigenvalue weighted by atomic mass is 35.5. The number of carbonyl (C=O) groups is 1. The summed E-state index contributed by atoms with van der Waals surface area (Å²) in [6.07, 6.45) is 1.29. The third-order valence-corrected chi connectivity index (χ3v) is 4.81. The lowest BCUT2D eigenvalue weighted by Gasteiger charge is -2.22. The van der Waals surface area contributed by atoms with Crippen LogP contribution in [0.25, 0.3) is 0 Å². The Morgan fingerprint density at radius 2 is 1.93 bits per heavy atom. The van der Waals surface area contributed by atoms with Gasteiger partial charge in [0.15, 0.2) is 0 Å². The number of nitrogens with one attached hydrogen (secondary N) is 2. The smallest absolute Gasteiger partial charge is 0.271 e. The van der Waals surface area contributed by atoms with E-state index >= 15 is 0 Å². The normalized spacial score (nSPS) is 10.8. The largest absolute Gasteiger partial charge is 0.372 e. The molecule has 0 saturated carbocycles. The van der Waals surface area contributed by atoms with Crippen molar-refractivity contribution < 1.29 is 9.72 Å². The first kappa shape index (κ1) is 22.7. The van der Waals surface area contributed by atoms with Crippen molar-refractivity contribution in [3.63, 3.8) is 0 Å². The molecule has 0 atom stereocenters. The average molecular weight is 428 g/mol. The molecule has 0 radical (unpaired) electrons. The van der Waals surface area contributed by atoms with E-state index in [1.54, 1.807) is 0 Å². The number of aryl methyl sites for hydroxylation is 1. The van der Waals surface area contributed by atoms with Crippen LogP contribution >= 0.6 is 11.6 Å². The summed E-state index contributed by atoms with van der Waals surface area (Å²) >= 11 is 5.99. The maximum absolute atomic E-state index is 12.4. The first-order chi connectivity index (χ1) is 14.3. The highest BCUT2D eigenvalue weighted by Crippen LogP contribution is 2.27. The van der Waals surface area contributed by atoms with Crippen LogP contribution in [0.1, 0.15) is 19.4 Å². The number of anilines is 3. The number of rotatable bonds is 8. The minimum absolute atomic E-state index is 0.0526. The van der Waals surface area contributed by atoms with Crippen molar-refractivity contribution in [1.29, 1.82) is 5.26 Å². The minimum atomic E-state index is -0.732. The number of benzene rings is 2. The van der Waals surface area contributed by atoms with Crippen molar-refractivity contribution in [2.75, 3.05) is 28.6 Å². The van der Waals surface area contributed by atoms with Gasteiger partial charge in [-0.2, -0.15) is 5.26 Å². The van der Waals surface area contributed by atoms with Crippen LogP contribution in [-0.4, -0.2) is 23.9 Å².